The molecular weight excluding hydrogens is 365 g/mol. The predicted molar refractivity (Wildman–Crippen MR) is 101 cm³/mol. The largest absolute Gasteiger partial charge is 0.488 e. The van der Waals surface area contributed by atoms with Gasteiger partial charge < -0.3 is 19.1 Å². The minimum absolute atomic E-state index is 0.0136. The fraction of sp³-hybridized carbons (Fsp3) is 0.333. The Morgan fingerprint density at radius 2 is 1.79 bits per heavy atom. The molecule has 148 valence electrons. The van der Waals surface area contributed by atoms with Gasteiger partial charge in [-0.2, -0.15) is 0 Å². The van der Waals surface area contributed by atoms with Crippen LogP contribution in [0.25, 0.3) is 0 Å². The lowest BCUT2D eigenvalue weighted by Crippen LogP contribution is -2.28. The van der Waals surface area contributed by atoms with Crippen LogP contribution in [0.2, 0.25) is 0 Å². The fourth-order valence-corrected chi connectivity index (χ4v) is 3.35. The lowest BCUT2D eigenvalue weighted by Gasteiger charge is -2.26. The molecule has 6 nitrogen and oxygen atoms in total. The van der Waals surface area contributed by atoms with Crippen LogP contribution < -0.4 is 9.64 Å². The third kappa shape index (κ3) is 3.93. The number of rotatable bonds is 5. The molecule has 0 saturated heterocycles. The zero-order chi connectivity index (χ0) is 20.1. The molecule has 1 aliphatic carbocycles. The second-order valence-electron chi connectivity index (χ2n) is 6.43. The molecule has 1 fully saturated rings. The Bertz CT molecular complexity index is 852. The molecule has 0 spiro atoms. The Balaban J connectivity index is 2.14. The monoisotopic (exact) mass is 387 g/mol. The number of carbonyl (C=O) groups excluding carboxylic acids is 2. The van der Waals surface area contributed by atoms with Crippen molar-refractivity contribution in [3.63, 3.8) is 0 Å². The summed E-state index contributed by atoms with van der Waals surface area (Å²) in [6.45, 7) is 0. The van der Waals surface area contributed by atoms with E-state index in [1.54, 1.807) is 24.3 Å². The molecule has 1 aromatic carbocycles. The molecule has 0 atom stereocenters. The van der Waals surface area contributed by atoms with Gasteiger partial charge in [-0.3, -0.25) is 0 Å². The molecule has 0 N–H and O–H groups in total. The van der Waals surface area contributed by atoms with Crippen LogP contribution in [0, 0.1) is 5.82 Å². The topological polar surface area (TPSA) is 65.1 Å². The number of hydrogen-bond donors (Lipinski definition) is 0. The van der Waals surface area contributed by atoms with Crippen LogP contribution in [0.1, 0.15) is 25.7 Å². The van der Waals surface area contributed by atoms with Crippen LogP contribution in [0.3, 0.4) is 0 Å². The van der Waals surface area contributed by atoms with Crippen molar-refractivity contribution < 1.29 is 28.2 Å². The third-order valence-corrected chi connectivity index (χ3v) is 4.68. The lowest BCUT2D eigenvalue weighted by molar-refractivity contribution is -0.139. The van der Waals surface area contributed by atoms with Crippen molar-refractivity contribution in [3.05, 3.63) is 59.7 Å². The van der Waals surface area contributed by atoms with Crippen molar-refractivity contribution >= 4 is 17.6 Å². The van der Waals surface area contributed by atoms with E-state index in [0.717, 1.165) is 25.7 Å². The Morgan fingerprint density at radius 3 is 2.46 bits per heavy atom. The first-order chi connectivity index (χ1) is 13.6. The van der Waals surface area contributed by atoms with E-state index in [2.05, 4.69) is 0 Å². The highest BCUT2D eigenvalue weighted by molar-refractivity contribution is 6.05. The highest BCUT2D eigenvalue weighted by Crippen LogP contribution is 2.38. The maximum atomic E-state index is 14.9. The fourth-order valence-electron chi connectivity index (χ4n) is 3.35. The van der Waals surface area contributed by atoms with Gasteiger partial charge in [-0.1, -0.05) is 12.1 Å². The average Bonchev–Trinajstić information content (AvgIpc) is 3.11. The van der Waals surface area contributed by atoms with Crippen LogP contribution in [0.15, 0.2) is 53.9 Å². The molecule has 0 amide bonds. The smallest absolute Gasteiger partial charge is 0.355 e. The van der Waals surface area contributed by atoms with Crippen LogP contribution in [0.4, 0.5) is 10.1 Å². The van der Waals surface area contributed by atoms with Crippen LogP contribution in [0.5, 0.6) is 5.75 Å². The van der Waals surface area contributed by atoms with E-state index in [4.69, 9.17) is 14.2 Å². The summed E-state index contributed by atoms with van der Waals surface area (Å²) < 4.78 is 30.6. The molecule has 3 rings (SSSR count). The number of hydrogen-bond acceptors (Lipinski definition) is 6. The van der Waals surface area contributed by atoms with Gasteiger partial charge in [0.15, 0.2) is 5.82 Å². The number of nitrogens with zero attached hydrogens (tertiary/aromatic N) is 1. The van der Waals surface area contributed by atoms with Gasteiger partial charge in [0.25, 0.3) is 0 Å². The van der Waals surface area contributed by atoms with Gasteiger partial charge in [-0.05, 0) is 50.0 Å². The Labute approximate surface area is 162 Å². The summed E-state index contributed by atoms with van der Waals surface area (Å²) in [5.74, 6) is -1.83. The number of para-hydroxylation sites is 1. The number of carbonyl (C=O) groups is 2. The van der Waals surface area contributed by atoms with Crippen LogP contribution >= 0.6 is 0 Å². The van der Waals surface area contributed by atoms with Crippen molar-refractivity contribution in [3.8, 4) is 5.75 Å². The van der Waals surface area contributed by atoms with Crippen molar-refractivity contribution in [1.82, 2.24) is 0 Å². The standard InChI is InChI=1S/C21H22FNO5/c1-26-20(24)15-10-5-6-13-23(18(15)21(25)27-2)19-16(22)11-7-12-17(19)28-14-8-3-4-9-14/h5-7,10-14H,3-4,8-9H2,1-2H3. The zero-order valence-electron chi connectivity index (χ0n) is 15.8. The normalized spacial score (nSPS) is 16.9. The number of halogens is 1. The molecule has 1 heterocycles. The van der Waals surface area contributed by atoms with Crippen LogP contribution in [-0.4, -0.2) is 32.3 Å². The number of benzene rings is 1. The van der Waals surface area contributed by atoms with E-state index in [1.165, 1.54) is 37.5 Å². The van der Waals surface area contributed by atoms with E-state index < -0.39 is 17.8 Å². The molecule has 1 aromatic rings. The number of anilines is 1. The first-order valence-electron chi connectivity index (χ1n) is 9.07. The van der Waals surface area contributed by atoms with Crippen molar-refractivity contribution in [2.24, 2.45) is 0 Å². The minimum atomic E-state index is -0.799. The molecule has 28 heavy (non-hydrogen) atoms. The molecule has 1 saturated carbocycles. The molecule has 0 aromatic heterocycles. The summed E-state index contributed by atoms with van der Waals surface area (Å²) in [6.07, 6.45) is 9.94. The maximum absolute atomic E-state index is 14.9. The highest BCUT2D eigenvalue weighted by atomic mass is 19.1. The second-order valence-corrected chi connectivity index (χ2v) is 6.43. The molecule has 7 heteroatoms. The first-order valence-corrected chi connectivity index (χ1v) is 9.07. The summed E-state index contributed by atoms with van der Waals surface area (Å²) in [6, 6.07) is 4.47. The quantitative estimate of drug-likeness (QED) is 0.719. The zero-order valence-corrected chi connectivity index (χ0v) is 15.8. The molecule has 0 radical (unpaired) electrons. The number of esters is 2. The van der Waals surface area contributed by atoms with Gasteiger partial charge in [-0.15, -0.1) is 0 Å². The van der Waals surface area contributed by atoms with E-state index in [-0.39, 0.29) is 23.1 Å². The van der Waals surface area contributed by atoms with E-state index in [1.807, 2.05) is 0 Å². The van der Waals surface area contributed by atoms with Crippen molar-refractivity contribution in [1.29, 1.82) is 0 Å². The summed E-state index contributed by atoms with van der Waals surface area (Å²) in [7, 11) is 2.40. The summed E-state index contributed by atoms with van der Waals surface area (Å²) in [4.78, 5) is 26.1. The van der Waals surface area contributed by atoms with Gasteiger partial charge in [0.05, 0.1) is 25.9 Å². The molecule has 1 aliphatic heterocycles. The summed E-state index contributed by atoms with van der Waals surface area (Å²) in [5.41, 5.74) is -0.161. The van der Waals surface area contributed by atoms with Gasteiger partial charge in [0.2, 0.25) is 0 Å². The van der Waals surface area contributed by atoms with Crippen LogP contribution in [-0.2, 0) is 19.1 Å². The molecular formula is C21H22FNO5. The third-order valence-electron chi connectivity index (χ3n) is 4.68. The summed E-state index contributed by atoms with van der Waals surface area (Å²) in [5, 5.41) is 0. The Hall–Kier alpha value is -3.09. The van der Waals surface area contributed by atoms with E-state index >= 15 is 0 Å². The molecule has 2 aliphatic rings. The second kappa shape index (κ2) is 8.73. The predicted octanol–water partition coefficient (Wildman–Crippen LogP) is 3.64. The van der Waals surface area contributed by atoms with E-state index in [0.29, 0.717) is 5.75 Å². The molecule has 0 unspecified atom stereocenters. The Morgan fingerprint density at radius 1 is 1.07 bits per heavy atom. The Kier molecular flexibility index (Phi) is 6.13. The van der Waals surface area contributed by atoms with Gasteiger partial charge in [0.1, 0.15) is 17.1 Å². The number of ether oxygens (including phenoxy) is 3. The SMILES string of the molecule is COC(=O)C1=C(C(=O)OC)N(c2c(F)cccc2OC2CCCC2)C=CC=C1. The van der Waals surface area contributed by atoms with Crippen molar-refractivity contribution in [2.45, 2.75) is 31.8 Å². The lowest BCUT2D eigenvalue weighted by atomic mass is 10.1. The van der Waals surface area contributed by atoms with Gasteiger partial charge >= 0.3 is 11.9 Å². The molecule has 0 bridgehead atoms. The minimum Gasteiger partial charge on any atom is -0.488 e. The van der Waals surface area contributed by atoms with Gasteiger partial charge in [-0.25, -0.2) is 14.0 Å². The maximum Gasteiger partial charge on any atom is 0.355 e. The number of allylic oxidation sites excluding steroid dienone is 2. The van der Waals surface area contributed by atoms with Crippen molar-refractivity contribution in [2.75, 3.05) is 19.1 Å². The highest BCUT2D eigenvalue weighted by Gasteiger charge is 2.31. The summed E-state index contributed by atoms with van der Waals surface area (Å²) >= 11 is 0. The van der Waals surface area contributed by atoms with Gasteiger partial charge in [0, 0.05) is 6.20 Å². The first kappa shape index (κ1) is 19.7. The average molecular weight is 387 g/mol. The van der Waals surface area contributed by atoms with E-state index in [9.17, 15) is 14.0 Å². The number of methoxy groups -OCH3 is 2.